The monoisotopic (exact) mass is 327 g/mol. The third kappa shape index (κ3) is 3.08. The van der Waals surface area contributed by atoms with Crippen molar-refractivity contribution < 1.29 is 9.90 Å². The van der Waals surface area contributed by atoms with Gasteiger partial charge in [-0.15, -0.1) is 0 Å². The zero-order valence-electron chi connectivity index (χ0n) is 14.6. The minimum atomic E-state index is 0.0159. The number of piperidine rings is 1. The van der Waals surface area contributed by atoms with Gasteiger partial charge in [0.1, 0.15) is 0 Å². The molecule has 1 fully saturated rings. The summed E-state index contributed by atoms with van der Waals surface area (Å²) in [6.45, 7) is 7.57. The average molecular weight is 327 g/mol. The van der Waals surface area contributed by atoms with E-state index in [0.29, 0.717) is 12.1 Å². The van der Waals surface area contributed by atoms with Crippen LogP contribution in [0.4, 0.5) is 0 Å². The van der Waals surface area contributed by atoms with Crippen LogP contribution in [0.5, 0.6) is 0 Å². The Morgan fingerprint density at radius 1 is 1.33 bits per heavy atom. The van der Waals surface area contributed by atoms with E-state index in [1.807, 2.05) is 23.4 Å². The molecule has 1 aromatic carbocycles. The molecule has 1 aliphatic heterocycles. The van der Waals surface area contributed by atoms with Gasteiger partial charge in [-0.25, -0.2) is 4.68 Å². The molecular weight excluding hydrogens is 302 g/mol. The lowest BCUT2D eigenvalue weighted by molar-refractivity contribution is 0.0620. The molecule has 128 valence electrons. The molecule has 1 aromatic heterocycles. The summed E-state index contributed by atoms with van der Waals surface area (Å²) in [6.07, 6.45) is 3.60. The normalized spacial score (nSPS) is 18.0. The summed E-state index contributed by atoms with van der Waals surface area (Å²) >= 11 is 0. The van der Waals surface area contributed by atoms with Gasteiger partial charge in [0.2, 0.25) is 0 Å². The van der Waals surface area contributed by atoms with Gasteiger partial charge in [-0.05, 0) is 56.7 Å². The minimum Gasteiger partial charge on any atom is -0.396 e. The lowest BCUT2D eigenvalue weighted by Crippen LogP contribution is -2.41. The molecule has 0 aliphatic carbocycles. The number of aryl methyl sites for hydroxylation is 2. The fraction of sp³-hybridized carbons (Fsp3) is 0.474. The smallest absolute Gasteiger partial charge is 0.257 e. The zero-order chi connectivity index (χ0) is 17.3. The highest BCUT2D eigenvalue weighted by atomic mass is 16.3. The molecule has 1 atom stereocenters. The van der Waals surface area contributed by atoms with Gasteiger partial charge >= 0.3 is 0 Å². The molecule has 1 unspecified atom stereocenters. The zero-order valence-corrected chi connectivity index (χ0v) is 14.6. The Hall–Kier alpha value is -2.14. The molecule has 3 rings (SSSR count). The topological polar surface area (TPSA) is 58.4 Å². The van der Waals surface area contributed by atoms with Crippen molar-refractivity contribution in [2.45, 2.75) is 33.6 Å². The summed E-state index contributed by atoms with van der Waals surface area (Å²) in [4.78, 5) is 14.7. The molecule has 1 N–H and O–H groups in total. The number of carbonyl (C=O) groups is 1. The number of benzene rings is 1. The van der Waals surface area contributed by atoms with E-state index < -0.39 is 0 Å². The molecular formula is C19H25N3O2. The number of aromatic nitrogens is 2. The van der Waals surface area contributed by atoms with Crippen LogP contribution in [-0.2, 0) is 0 Å². The van der Waals surface area contributed by atoms with E-state index in [1.165, 1.54) is 5.56 Å². The van der Waals surface area contributed by atoms with E-state index in [-0.39, 0.29) is 18.4 Å². The van der Waals surface area contributed by atoms with Gasteiger partial charge < -0.3 is 10.0 Å². The highest BCUT2D eigenvalue weighted by Crippen LogP contribution is 2.22. The molecule has 1 amide bonds. The lowest BCUT2D eigenvalue weighted by atomic mass is 9.98. The maximum Gasteiger partial charge on any atom is 0.257 e. The molecule has 5 heteroatoms. The third-order valence-electron chi connectivity index (χ3n) is 4.90. The Kier molecular flexibility index (Phi) is 4.71. The van der Waals surface area contributed by atoms with E-state index in [4.69, 9.17) is 0 Å². The Labute approximate surface area is 142 Å². The largest absolute Gasteiger partial charge is 0.396 e. The number of hydrogen-bond donors (Lipinski definition) is 1. The van der Waals surface area contributed by atoms with E-state index >= 15 is 0 Å². The number of likely N-dealkylation sites (tertiary alicyclic amines) is 1. The van der Waals surface area contributed by atoms with Crippen LogP contribution >= 0.6 is 0 Å². The first-order valence-corrected chi connectivity index (χ1v) is 8.53. The van der Waals surface area contributed by atoms with Crippen LogP contribution in [0.2, 0.25) is 0 Å². The van der Waals surface area contributed by atoms with Crippen molar-refractivity contribution in [3.05, 3.63) is 46.8 Å². The predicted octanol–water partition coefficient (Wildman–Crippen LogP) is 2.64. The van der Waals surface area contributed by atoms with E-state index in [1.54, 1.807) is 6.20 Å². The second kappa shape index (κ2) is 6.77. The number of amides is 1. The fourth-order valence-corrected chi connectivity index (χ4v) is 3.38. The third-order valence-corrected chi connectivity index (χ3v) is 4.90. The molecule has 5 nitrogen and oxygen atoms in total. The summed E-state index contributed by atoms with van der Waals surface area (Å²) in [6, 6.07) is 6.24. The van der Waals surface area contributed by atoms with Crippen molar-refractivity contribution in [1.82, 2.24) is 14.7 Å². The highest BCUT2D eigenvalue weighted by molar-refractivity contribution is 5.95. The van der Waals surface area contributed by atoms with Crippen molar-refractivity contribution in [2.75, 3.05) is 19.7 Å². The maximum atomic E-state index is 12.9. The second-order valence-corrected chi connectivity index (χ2v) is 6.79. The Bertz CT molecular complexity index is 751. The fourth-order valence-electron chi connectivity index (χ4n) is 3.38. The van der Waals surface area contributed by atoms with Gasteiger partial charge in [0.25, 0.3) is 5.91 Å². The minimum absolute atomic E-state index is 0.0159. The van der Waals surface area contributed by atoms with E-state index in [2.05, 4.69) is 30.2 Å². The average Bonchev–Trinajstić information content (AvgIpc) is 2.97. The molecule has 2 aromatic rings. The predicted molar refractivity (Wildman–Crippen MR) is 93.5 cm³/mol. The number of nitrogens with zero attached hydrogens (tertiary/aromatic N) is 3. The van der Waals surface area contributed by atoms with Crippen LogP contribution in [-0.4, -0.2) is 45.4 Å². The Morgan fingerprint density at radius 3 is 2.88 bits per heavy atom. The SMILES string of the molecule is Cc1ccc(C)c(-n2ncc(C(=O)N3CCCC(CO)C3)c2C)c1. The second-order valence-electron chi connectivity index (χ2n) is 6.79. The van der Waals surface area contributed by atoms with Gasteiger partial charge in [-0.1, -0.05) is 12.1 Å². The summed E-state index contributed by atoms with van der Waals surface area (Å²) in [5, 5.41) is 13.8. The first-order valence-electron chi connectivity index (χ1n) is 8.53. The first-order chi connectivity index (χ1) is 11.5. The standard InChI is InChI=1S/C19H25N3O2/c1-13-6-7-14(2)18(9-13)22-15(3)17(10-20-22)19(24)21-8-4-5-16(11-21)12-23/h6-7,9-10,16,23H,4-5,8,11-12H2,1-3H3. The molecule has 1 saturated heterocycles. The quantitative estimate of drug-likeness (QED) is 0.943. The molecule has 2 heterocycles. The van der Waals surface area contributed by atoms with Crippen LogP contribution in [0, 0.1) is 26.7 Å². The Balaban J connectivity index is 1.89. The molecule has 0 radical (unpaired) electrons. The van der Waals surface area contributed by atoms with Gasteiger partial charge in [0.15, 0.2) is 0 Å². The highest BCUT2D eigenvalue weighted by Gasteiger charge is 2.26. The van der Waals surface area contributed by atoms with Crippen LogP contribution in [0.3, 0.4) is 0 Å². The van der Waals surface area contributed by atoms with Crippen LogP contribution in [0.25, 0.3) is 5.69 Å². The lowest BCUT2D eigenvalue weighted by Gasteiger charge is -2.31. The molecule has 0 bridgehead atoms. The number of aliphatic hydroxyl groups is 1. The number of aliphatic hydroxyl groups excluding tert-OH is 1. The van der Waals surface area contributed by atoms with Gasteiger partial charge in [0.05, 0.1) is 23.1 Å². The summed E-state index contributed by atoms with van der Waals surface area (Å²) in [5.74, 6) is 0.208. The van der Waals surface area contributed by atoms with E-state index in [9.17, 15) is 9.90 Å². The first kappa shape index (κ1) is 16.7. The summed E-state index contributed by atoms with van der Waals surface area (Å²) < 4.78 is 1.85. The number of carbonyl (C=O) groups excluding carboxylic acids is 1. The van der Waals surface area contributed by atoms with Crippen molar-refractivity contribution >= 4 is 5.91 Å². The van der Waals surface area contributed by atoms with Gasteiger partial charge in [0, 0.05) is 19.7 Å². The van der Waals surface area contributed by atoms with Gasteiger partial charge in [-0.2, -0.15) is 5.10 Å². The molecule has 1 aliphatic rings. The molecule has 0 saturated carbocycles. The van der Waals surface area contributed by atoms with Crippen LogP contribution < -0.4 is 0 Å². The van der Waals surface area contributed by atoms with E-state index in [0.717, 1.165) is 36.3 Å². The van der Waals surface area contributed by atoms with Crippen molar-refractivity contribution in [2.24, 2.45) is 5.92 Å². The summed E-state index contributed by atoms with van der Waals surface area (Å²) in [5.41, 5.74) is 4.82. The molecule has 24 heavy (non-hydrogen) atoms. The van der Waals surface area contributed by atoms with Crippen molar-refractivity contribution in [3.8, 4) is 5.69 Å². The number of rotatable bonds is 3. The Morgan fingerprint density at radius 2 is 2.12 bits per heavy atom. The number of hydrogen-bond acceptors (Lipinski definition) is 3. The van der Waals surface area contributed by atoms with Crippen molar-refractivity contribution in [3.63, 3.8) is 0 Å². The van der Waals surface area contributed by atoms with Crippen LogP contribution in [0.1, 0.15) is 40.0 Å². The summed E-state index contributed by atoms with van der Waals surface area (Å²) in [7, 11) is 0. The maximum absolute atomic E-state index is 12.9. The van der Waals surface area contributed by atoms with Gasteiger partial charge in [-0.3, -0.25) is 4.79 Å². The van der Waals surface area contributed by atoms with Crippen molar-refractivity contribution in [1.29, 1.82) is 0 Å². The molecule has 0 spiro atoms. The van der Waals surface area contributed by atoms with Crippen LogP contribution in [0.15, 0.2) is 24.4 Å².